The van der Waals surface area contributed by atoms with E-state index in [1.54, 1.807) is 0 Å². The Kier molecular flexibility index (Phi) is 3.88. The van der Waals surface area contributed by atoms with Gasteiger partial charge in [-0.3, -0.25) is 4.98 Å². The average molecular weight is 275 g/mol. The van der Waals surface area contributed by atoms with Gasteiger partial charge in [-0.15, -0.1) is 11.6 Å². The van der Waals surface area contributed by atoms with Gasteiger partial charge in [-0.2, -0.15) is 0 Å². The van der Waals surface area contributed by atoms with Crippen LogP contribution < -0.4 is 5.32 Å². The molecule has 3 rings (SSSR count). The van der Waals surface area contributed by atoms with Crippen molar-refractivity contribution in [1.29, 1.82) is 0 Å². The Morgan fingerprint density at radius 2 is 2.00 bits per heavy atom. The molecule has 0 radical (unpaired) electrons. The number of anilines is 1. The molecular formula is C16H19ClN2. The summed E-state index contributed by atoms with van der Waals surface area (Å²) in [4.78, 5) is 4.41. The van der Waals surface area contributed by atoms with Gasteiger partial charge in [-0.05, 0) is 30.9 Å². The zero-order valence-electron chi connectivity index (χ0n) is 11.0. The number of nitrogens with zero attached hydrogens (tertiary/aromatic N) is 1. The van der Waals surface area contributed by atoms with E-state index in [4.69, 9.17) is 11.6 Å². The number of aromatic nitrogens is 1. The third-order valence-electron chi connectivity index (χ3n) is 4.10. The highest BCUT2D eigenvalue weighted by Crippen LogP contribution is 2.30. The lowest BCUT2D eigenvalue weighted by Gasteiger charge is -2.32. The predicted molar refractivity (Wildman–Crippen MR) is 81.8 cm³/mol. The van der Waals surface area contributed by atoms with Gasteiger partial charge in [-0.25, -0.2) is 0 Å². The normalized spacial score (nSPS) is 23.4. The van der Waals surface area contributed by atoms with Crippen molar-refractivity contribution in [2.75, 3.05) is 11.2 Å². The summed E-state index contributed by atoms with van der Waals surface area (Å²) < 4.78 is 0. The quantitative estimate of drug-likeness (QED) is 0.837. The largest absolute Gasteiger partial charge is 0.381 e. The standard InChI is InChI=1S/C16H19ClN2/c17-11-12-5-1-3-7-14(12)19-16-9-10-18-15-8-4-2-6-13(15)16/h2,4,6,8-10,12,14H,1,3,5,7,11H2,(H,18,19). The first-order valence-corrected chi connectivity index (χ1v) is 7.58. The number of benzene rings is 1. The molecule has 1 fully saturated rings. The number of halogens is 1. The molecule has 0 aliphatic heterocycles. The average Bonchev–Trinajstić information content (AvgIpc) is 2.48. The lowest BCUT2D eigenvalue weighted by molar-refractivity contribution is 0.353. The second-order valence-electron chi connectivity index (χ2n) is 5.33. The van der Waals surface area contributed by atoms with Gasteiger partial charge in [0.1, 0.15) is 0 Å². The summed E-state index contributed by atoms with van der Waals surface area (Å²) in [7, 11) is 0. The maximum Gasteiger partial charge on any atom is 0.0722 e. The van der Waals surface area contributed by atoms with Crippen LogP contribution in [0.1, 0.15) is 25.7 Å². The van der Waals surface area contributed by atoms with Crippen LogP contribution in [0.25, 0.3) is 10.9 Å². The molecule has 0 bridgehead atoms. The number of para-hydroxylation sites is 1. The second kappa shape index (κ2) is 5.79. The number of fused-ring (bicyclic) bond motifs is 1. The fraction of sp³-hybridized carbons (Fsp3) is 0.438. The predicted octanol–water partition coefficient (Wildman–Crippen LogP) is 4.44. The highest BCUT2D eigenvalue weighted by molar-refractivity contribution is 6.18. The van der Waals surface area contributed by atoms with Gasteiger partial charge < -0.3 is 5.32 Å². The van der Waals surface area contributed by atoms with Crippen LogP contribution in [0.2, 0.25) is 0 Å². The smallest absolute Gasteiger partial charge is 0.0722 e. The van der Waals surface area contributed by atoms with Crippen LogP contribution in [-0.2, 0) is 0 Å². The number of hydrogen-bond acceptors (Lipinski definition) is 2. The fourth-order valence-electron chi connectivity index (χ4n) is 3.00. The van der Waals surface area contributed by atoms with E-state index in [2.05, 4.69) is 34.6 Å². The van der Waals surface area contributed by atoms with Crippen molar-refractivity contribution in [3.63, 3.8) is 0 Å². The molecule has 1 aliphatic carbocycles. The van der Waals surface area contributed by atoms with Gasteiger partial charge in [0.2, 0.25) is 0 Å². The van der Waals surface area contributed by atoms with Crippen LogP contribution in [0.4, 0.5) is 5.69 Å². The van der Waals surface area contributed by atoms with E-state index >= 15 is 0 Å². The van der Waals surface area contributed by atoms with E-state index in [0.717, 1.165) is 11.4 Å². The van der Waals surface area contributed by atoms with Crippen molar-refractivity contribution in [3.05, 3.63) is 36.5 Å². The van der Waals surface area contributed by atoms with Crippen LogP contribution in [-0.4, -0.2) is 16.9 Å². The maximum atomic E-state index is 6.11. The molecule has 2 aromatic rings. The topological polar surface area (TPSA) is 24.9 Å². The van der Waals surface area contributed by atoms with Crippen LogP contribution in [0, 0.1) is 5.92 Å². The van der Waals surface area contributed by atoms with Gasteiger partial charge >= 0.3 is 0 Å². The Morgan fingerprint density at radius 1 is 1.16 bits per heavy atom. The molecule has 2 atom stereocenters. The van der Waals surface area contributed by atoms with Gasteiger partial charge in [0, 0.05) is 29.2 Å². The molecule has 3 heteroatoms. The molecule has 0 spiro atoms. The lowest BCUT2D eigenvalue weighted by Crippen LogP contribution is -2.33. The van der Waals surface area contributed by atoms with Gasteiger partial charge in [-0.1, -0.05) is 31.0 Å². The lowest BCUT2D eigenvalue weighted by atomic mass is 9.85. The highest BCUT2D eigenvalue weighted by atomic mass is 35.5. The minimum atomic E-state index is 0.497. The fourth-order valence-corrected chi connectivity index (χ4v) is 3.37. The molecule has 1 aromatic heterocycles. The van der Waals surface area contributed by atoms with Crippen molar-refractivity contribution in [3.8, 4) is 0 Å². The molecule has 1 N–H and O–H groups in total. The molecule has 2 nitrogen and oxygen atoms in total. The van der Waals surface area contributed by atoms with Crippen LogP contribution in [0.3, 0.4) is 0 Å². The first-order valence-electron chi connectivity index (χ1n) is 7.05. The third kappa shape index (κ3) is 2.69. The molecule has 19 heavy (non-hydrogen) atoms. The summed E-state index contributed by atoms with van der Waals surface area (Å²) >= 11 is 6.11. The molecule has 1 aliphatic rings. The molecule has 1 saturated carbocycles. The Labute approximate surface area is 119 Å². The minimum Gasteiger partial charge on any atom is -0.381 e. The van der Waals surface area contributed by atoms with Crippen LogP contribution >= 0.6 is 11.6 Å². The van der Waals surface area contributed by atoms with E-state index in [-0.39, 0.29) is 0 Å². The minimum absolute atomic E-state index is 0.497. The zero-order valence-corrected chi connectivity index (χ0v) is 11.7. The molecule has 0 saturated heterocycles. The molecule has 1 aromatic carbocycles. The third-order valence-corrected chi connectivity index (χ3v) is 4.49. The highest BCUT2D eigenvalue weighted by Gasteiger charge is 2.24. The van der Waals surface area contributed by atoms with E-state index in [1.807, 2.05) is 12.3 Å². The molecule has 1 heterocycles. The monoisotopic (exact) mass is 274 g/mol. The van der Waals surface area contributed by atoms with Gasteiger partial charge in [0.25, 0.3) is 0 Å². The maximum absolute atomic E-state index is 6.11. The summed E-state index contributed by atoms with van der Waals surface area (Å²) in [5.41, 5.74) is 2.23. The SMILES string of the molecule is ClCC1CCCCC1Nc1ccnc2ccccc12. The second-order valence-corrected chi connectivity index (χ2v) is 5.63. The van der Waals surface area contributed by atoms with E-state index < -0.39 is 0 Å². The number of alkyl halides is 1. The molecule has 0 amide bonds. The summed E-state index contributed by atoms with van der Waals surface area (Å²) in [6.07, 6.45) is 6.95. The van der Waals surface area contributed by atoms with Crippen molar-refractivity contribution in [1.82, 2.24) is 4.98 Å². The summed E-state index contributed by atoms with van der Waals surface area (Å²) in [5, 5.41) is 4.90. The summed E-state index contributed by atoms with van der Waals surface area (Å²) in [6, 6.07) is 10.8. The number of hydrogen-bond donors (Lipinski definition) is 1. The Balaban J connectivity index is 1.88. The van der Waals surface area contributed by atoms with Crippen molar-refractivity contribution in [2.24, 2.45) is 5.92 Å². The van der Waals surface area contributed by atoms with Gasteiger partial charge in [0.15, 0.2) is 0 Å². The zero-order chi connectivity index (χ0) is 13.1. The van der Waals surface area contributed by atoms with E-state index in [9.17, 15) is 0 Å². The number of pyridine rings is 1. The number of rotatable bonds is 3. The van der Waals surface area contributed by atoms with Crippen molar-refractivity contribution >= 4 is 28.2 Å². The van der Waals surface area contributed by atoms with E-state index in [1.165, 1.54) is 36.8 Å². The number of nitrogens with one attached hydrogen (secondary N) is 1. The van der Waals surface area contributed by atoms with Crippen LogP contribution in [0.15, 0.2) is 36.5 Å². The first-order chi connectivity index (χ1) is 9.38. The van der Waals surface area contributed by atoms with Crippen LogP contribution in [0.5, 0.6) is 0 Å². The van der Waals surface area contributed by atoms with Crippen molar-refractivity contribution < 1.29 is 0 Å². The summed E-state index contributed by atoms with van der Waals surface area (Å²) in [6.45, 7) is 0. The molecular weight excluding hydrogens is 256 g/mol. The molecule has 100 valence electrons. The van der Waals surface area contributed by atoms with Gasteiger partial charge in [0.05, 0.1) is 5.52 Å². The molecule has 2 unspecified atom stereocenters. The first kappa shape index (κ1) is 12.7. The Hall–Kier alpha value is -1.28. The van der Waals surface area contributed by atoms with E-state index in [0.29, 0.717) is 12.0 Å². The Morgan fingerprint density at radius 3 is 2.89 bits per heavy atom. The summed E-state index contributed by atoms with van der Waals surface area (Å²) in [5.74, 6) is 1.34. The van der Waals surface area contributed by atoms with Crippen molar-refractivity contribution in [2.45, 2.75) is 31.7 Å². The Bertz CT molecular complexity index is 550.